The van der Waals surface area contributed by atoms with Gasteiger partial charge in [0, 0.05) is 17.5 Å². The molecule has 0 aromatic heterocycles. The van der Waals surface area contributed by atoms with Crippen molar-refractivity contribution in [2.24, 2.45) is 0 Å². The van der Waals surface area contributed by atoms with Crippen molar-refractivity contribution in [2.45, 2.75) is 46.6 Å². The van der Waals surface area contributed by atoms with Crippen molar-refractivity contribution in [3.8, 4) is 5.75 Å². The van der Waals surface area contributed by atoms with Crippen LogP contribution in [0.2, 0.25) is 5.02 Å². The molecule has 0 aliphatic heterocycles. The molecule has 1 amide bonds. The van der Waals surface area contributed by atoms with Gasteiger partial charge in [0.15, 0.2) is 0 Å². The first-order chi connectivity index (χ1) is 9.32. The van der Waals surface area contributed by atoms with E-state index in [-0.39, 0.29) is 11.9 Å². The summed E-state index contributed by atoms with van der Waals surface area (Å²) in [6, 6.07) is 2.09. The molecule has 112 valence electrons. The second kappa shape index (κ2) is 7.89. The third-order valence-electron chi connectivity index (χ3n) is 2.82. The van der Waals surface area contributed by atoms with Crippen LogP contribution in [0.1, 0.15) is 37.8 Å². The summed E-state index contributed by atoms with van der Waals surface area (Å²) < 4.78 is 6.60. The van der Waals surface area contributed by atoms with Crippen LogP contribution < -0.4 is 10.1 Å². The Hall–Kier alpha value is -0.740. The van der Waals surface area contributed by atoms with Gasteiger partial charge in [-0.3, -0.25) is 4.79 Å². The van der Waals surface area contributed by atoms with Crippen LogP contribution in [0.25, 0.3) is 0 Å². The lowest BCUT2D eigenvalue weighted by Gasteiger charge is -2.13. The molecular formula is C15H21BrClNO2. The van der Waals surface area contributed by atoms with Crippen LogP contribution in [0.5, 0.6) is 5.75 Å². The fourth-order valence-corrected chi connectivity index (χ4v) is 2.50. The van der Waals surface area contributed by atoms with Gasteiger partial charge in [-0.05, 0) is 67.2 Å². The van der Waals surface area contributed by atoms with Crippen LogP contribution in [0.15, 0.2) is 10.5 Å². The number of aryl methyl sites for hydroxylation is 1. The molecule has 0 spiro atoms. The van der Waals surface area contributed by atoms with Gasteiger partial charge in [-0.1, -0.05) is 11.6 Å². The standard InChI is InChI=1S/C15H21BrClNO2/c1-9(2)18-13(19)6-5-7-20-12-8-10(3)15(17)11(4)14(12)16/h8-9H,5-7H2,1-4H3,(H,18,19). The normalized spacial score (nSPS) is 10.8. The predicted molar refractivity (Wildman–Crippen MR) is 86.6 cm³/mol. The molecule has 0 radical (unpaired) electrons. The number of hydrogen-bond acceptors (Lipinski definition) is 2. The van der Waals surface area contributed by atoms with Gasteiger partial charge < -0.3 is 10.1 Å². The monoisotopic (exact) mass is 361 g/mol. The molecule has 0 atom stereocenters. The molecule has 0 bridgehead atoms. The lowest BCUT2D eigenvalue weighted by atomic mass is 10.1. The van der Waals surface area contributed by atoms with Crippen molar-refractivity contribution in [3.63, 3.8) is 0 Å². The highest BCUT2D eigenvalue weighted by Gasteiger charge is 2.11. The number of ether oxygens (including phenoxy) is 1. The third kappa shape index (κ3) is 4.98. The summed E-state index contributed by atoms with van der Waals surface area (Å²) in [5.74, 6) is 0.833. The lowest BCUT2D eigenvalue weighted by molar-refractivity contribution is -0.121. The van der Waals surface area contributed by atoms with Crippen LogP contribution in [0.4, 0.5) is 0 Å². The second-order valence-electron chi connectivity index (χ2n) is 5.12. The fraction of sp³-hybridized carbons (Fsp3) is 0.533. The van der Waals surface area contributed by atoms with E-state index in [2.05, 4.69) is 21.2 Å². The van der Waals surface area contributed by atoms with Crippen LogP contribution >= 0.6 is 27.5 Å². The summed E-state index contributed by atoms with van der Waals surface area (Å²) in [6.45, 7) is 8.30. The summed E-state index contributed by atoms with van der Waals surface area (Å²) in [7, 11) is 0. The third-order valence-corrected chi connectivity index (χ3v) is 4.39. The molecule has 3 nitrogen and oxygen atoms in total. The van der Waals surface area contributed by atoms with E-state index >= 15 is 0 Å². The van der Waals surface area contributed by atoms with E-state index in [1.807, 2.05) is 33.8 Å². The first-order valence-corrected chi connectivity index (χ1v) is 7.87. The van der Waals surface area contributed by atoms with Crippen LogP contribution in [-0.2, 0) is 4.79 Å². The van der Waals surface area contributed by atoms with E-state index in [1.54, 1.807) is 0 Å². The van der Waals surface area contributed by atoms with E-state index in [4.69, 9.17) is 16.3 Å². The van der Waals surface area contributed by atoms with E-state index in [1.165, 1.54) is 0 Å². The van der Waals surface area contributed by atoms with Crippen molar-refractivity contribution in [1.29, 1.82) is 0 Å². The summed E-state index contributed by atoms with van der Waals surface area (Å²) in [5.41, 5.74) is 1.96. The quantitative estimate of drug-likeness (QED) is 0.762. The average Bonchev–Trinajstić information content (AvgIpc) is 2.37. The number of rotatable bonds is 6. The number of benzene rings is 1. The van der Waals surface area contributed by atoms with Gasteiger partial charge in [-0.2, -0.15) is 0 Å². The number of carbonyl (C=O) groups is 1. The highest BCUT2D eigenvalue weighted by molar-refractivity contribution is 9.10. The molecule has 0 fully saturated rings. The minimum absolute atomic E-state index is 0.0612. The molecule has 1 rings (SSSR count). The van der Waals surface area contributed by atoms with Gasteiger partial charge >= 0.3 is 0 Å². The fourth-order valence-electron chi connectivity index (χ4n) is 1.81. The van der Waals surface area contributed by atoms with Gasteiger partial charge in [0.25, 0.3) is 0 Å². The van der Waals surface area contributed by atoms with E-state index < -0.39 is 0 Å². The number of carbonyl (C=O) groups excluding carboxylic acids is 1. The van der Waals surface area contributed by atoms with E-state index in [0.717, 1.165) is 26.4 Å². The summed E-state index contributed by atoms with van der Waals surface area (Å²) in [4.78, 5) is 11.5. The summed E-state index contributed by atoms with van der Waals surface area (Å²) in [5, 5.41) is 3.61. The van der Waals surface area contributed by atoms with Crippen molar-refractivity contribution in [2.75, 3.05) is 6.61 Å². The Morgan fingerprint density at radius 2 is 2.10 bits per heavy atom. The summed E-state index contributed by atoms with van der Waals surface area (Å²) in [6.07, 6.45) is 1.16. The maximum Gasteiger partial charge on any atom is 0.220 e. The number of hydrogen-bond donors (Lipinski definition) is 1. The van der Waals surface area contributed by atoms with Crippen LogP contribution in [0, 0.1) is 13.8 Å². The molecule has 5 heteroatoms. The molecule has 0 aliphatic rings. The molecular weight excluding hydrogens is 342 g/mol. The minimum Gasteiger partial charge on any atom is -0.492 e. The Morgan fingerprint density at radius 3 is 2.70 bits per heavy atom. The van der Waals surface area contributed by atoms with Gasteiger partial charge in [0.05, 0.1) is 11.1 Å². The molecule has 0 saturated heterocycles. The molecule has 1 aromatic rings. The highest BCUT2D eigenvalue weighted by Crippen LogP contribution is 2.35. The Bertz CT molecular complexity index is 489. The molecule has 20 heavy (non-hydrogen) atoms. The van der Waals surface area contributed by atoms with Gasteiger partial charge in [-0.15, -0.1) is 0 Å². The van der Waals surface area contributed by atoms with Gasteiger partial charge in [0.1, 0.15) is 5.75 Å². The maximum atomic E-state index is 11.5. The van der Waals surface area contributed by atoms with Crippen molar-refractivity contribution in [3.05, 3.63) is 26.7 Å². The average molecular weight is 363 g/mol. The van der Waals surface area contributed by atoms with Crippen LogP contribution in [-0.4, -0.2) is 18.6 Å². The van der Waals surface area contributed by atoms with Crippen molar-refractivity contribution in [1.82, 2.24) is 5.32 Å². The molecule has 1 N–H and O–H groups in total. The van der Waals surface area contributed by atoms with Gasteiger partial charge in [0.2, 0.25) is 5.91 Å². The topological polar surface area (TPSA) is 38.3 Å². The van der Waals surface area contributed by atoms with Crippen molar-refractivity contribution < 1.29 is 9.53 Å². The zero-order chi connectivity index (χ0) is 15.3. The molecule has 0 unspecified atom stereocenters. The molecule has 0 saturated carbocycles. The van der Waals surface area contributed by atoms with Crippen LogP contribution in [0.3, 0.4) is 0 Å². The zero-order valence-electron chi connectivity index (χ0n) is 12.3. The number of halogens is 2. The molecule has 0 heterocycles. The first kappa shape index (κ1) is 17.3. The number of nitrogens with one attached hydrogen (secondary N) is 1. The van der Waals surface area contributed by atoms with E-state index in [9.17, 15) is 4.79 Å². The Morgan fingerprint density at radius 1 is 1.45 bits per heavy atom. The smallest absolute Gasteiger partial charge is 0.220 e. The zero-order valence-corrected chi connectivity index (χ0v) is 14.7. The maximum absolute atomic E-state index is 11.5. The SMILES string of the molecule is Cc1cc(OCCCC(=O)NC(C)C)c(Br)c(C)c1Cl. The largest absolute Gasteiger partial charge is 0.492 e. The molecule has 0 aliphatic carbocycles. The lowest BCUT2D eigenvalue weighted by Crippen LogP contribution is -2.30. The second-order valence-corrected chi connectivity index (χ2v) is 6.29. The van der Waals surface area contributed by atoms with Crippen molar-refractivity contribution >= 4 is 33.4 Å². The summed E-state index contributed by atoms with van der Waals surface area (Å²) >= 11 is 9.66. The minimum atomic E-state index is 0.0612. The Balaban J connectivity index is 2.49. The predicted octanol–water partition coefficient (Wildman–Crippen LogP) is 4.40. The highest BCUT2D eigenvalue weighted by atomic mass is 79.9. The first-order valence-electron chi connectivity index (χ1n) is 6.70. The number of amides is 1. The Labute approximate surface area is 134 Å². The Kier molecular flexibility index (Phi) is 6.83. The molecule has 1 aromatic carbocycles. The van der Waals surface area contributed by atoms with E-state index in [0.29, 0.717) is 19.4 Å². The van der Waals surface area contributed by atoms with Gasteiger partial charge in [-0.25, -0.2) is 0 Å².